The van der Waals surface area contributed by atoms with Crippen molar-refractivity contribution in [2.45, 2.75) is 88.3 Å². The van der Waals surface area contributed by atoms with Crippen LogP contribution in [0.4, 0.5) is 0 Å². The molecule has 0 aromatic rings. The Morgan fingerprint density at radius 2 is 1.60 bits per heavy atom. The van der Waals surface area contributed by atoms with E-state index in [0.717, 1.165) is 43.9 Å². The van der Waals surface area contributed by atoms with E-state index in [1.807, 2.05) is 4.90 Å². The summed E-state index contributed by atoms with van der Waals surface area (Å²) in [6, 6.07) is 0.336. The fourth-order valence-corrected chi connectivity index (χ4v) is 4.97. The van der Waals surface area contributed by atoms with Gasteiger partial charge in [0.05, 0.1) is 6.04 Å². The van der Waals surface area contributed by atoms with Crippen molar-refractivity contribution in [2.75, 3.05) is 13.1 Å². The van der Waals surface area contributed by atoms with Crippen molar-refractivity contribution in [3.8, 4) is 0 Å². The second-order valence-electron chi connectivity index (χ2n) is 7.53. The number of hydrogen-bond acceptors (Lipinski definition) is 4. The van der Waals surface area contributed by atoms with E-state index in [2.05, 4.69) is 5.32 Å². The molecule has 0 aromatic heterocycles. The molecule has 3 aliphatic rings. The highest BCUT2D eigenvalue weighted by molar-refractivity contribution is 8.15. The van der Waals surface area contributed by atoms with E-state index >= 15 is 0 Å². The van der Waals surface area contributed by atoms with Gasteiger partial charge in [-0.05, 0) is 25.7 Å². The molecule has 1 unspecified atom stereocenters. The van der Waals surface area contributed by atoms with Crippen LogP contribution in [0.3, 0.4) is 0 Å². The molecular weight excluding hydrogens is 334 g/mol. The largest absolute Gasteiger partial charge is 0.343 e. The summed E-state index contributed by atoms with van der Waals surface area (Å²) in [5.41, 5.74) is 0. The van der Waals surface area contributed by atoms with Gasteiger partial charge in [-0.3, -0.25) is 14.6 Å². The molecule has 3 rings (SSSR count). The van der Waals surface area contributed by atoms with Crippen LogP contribution in [0.5, 0.6) is 0 Å². The molecule has 1 N–H and O–H groups in total. The molecule has 2 amide bonds. The number of rotatable bonds is 3. The monoisotopic (exact) mass is 365 g/mol. The van der Waals surface area contributed by atoms with Gasteiger partial charge in [0.25, 0.3) is 0 Å². The number of amides is 2. The summed E-state index contributed by atoms with van der Waals surface area (Å²) < 4.78 is 0. The molecule has 2 heterocycles. The Hall–Kier alpha value is -1.04. The molecule has 1 aliphatic carbocycles. The number of nitrogens with zero attached hydrogens (tertiary/aromatic N) is 2. The SMILES string of the molecule is O=C1NC(=NC2CCCCCCC2)SC1CC(=O)N1CCCCCC1. The molecule has 0 radical (unpaired) electrons. The fourth-order valence-electron chi connectivity index (χ4n) is 3.94. The molecule has 6 heteroatoms. The molecule has 25 heavy (non-hydrogen) atoms. The van der Waals surface area contributed by atoms with Crippen LogP contribution in [0, 0.1) is 0 Å². The minimum atomic E-state index is -0.303. The third-order valence-electron chi connectivity index (χ3n) is 5.47. The van der Waals surface area contributed by atoms with Crippen molar-refractivity contribution in [1.82, 2.24) is 10.2 Å². The number of hydrogen-bond donors (Lipinski definition) is 1. The Morgan fingerprint density at radius 1 is 1.00 bits per heavy atom. The van der Waals surface area contributed by atoms with E-state index < -0.39 is 0 Å². The first-order valence-electron chi connectivity index (χ1n) is 10.1. The summed E-state index contributed by atoms with van der Waals surface area (Å²) in [7, 11) is 0. The van der Waals surface area contributed by atoms with Gasteiger partial charge >= 0.3 is 0 Å². The minimum Gasteiger partial charge on any atom is -0.343 e. The first-order chi connectivity index (χ1) is 12.2. The Balaban J connectivity index is 1.52. The highest BCUT2D eigenvalue weighted by Gasteiger charge is 2.33. The lowest BCUT2D eigenvalue weighted by Crippen LogP contribution is -2.35. The number of aliphatic imine (C=N–C) groups is 1. The molecule has 1 atom stereocenters. The van der Waals surface area contributed by atoms with Gasteiger partial charge in [-0.25, -0.2) is 0 Å². The first-order valence-corrected chi connectivity index (χ1v) is 10.9. The number of carbonyl (C=O) groups is 2. The van der Waals surface area contributed by atoms with Crippen molar-refractivity contribution in [1.29, 1.82) is 0 Å². The maximum Gasteiger partial charge on any atom is 0.240 e. The average molecular weight is 366 g/mol. The molecule has 2 saturated heterocycles. The third kappa shape index (κ3) is 5.73. The number of thioether (sulfide) groups is 1. The predicted molar refractivity (Wildman–Crippen MR) is 103 cm³/mol. The van der Waals surface area contributed by atoms with E-state index in [-0.39, 0.29) is 17.1 Å². The molecule has 0 aromatic carbocycles. The molecule has 2 aliphatic heterocycles. The summed E-state index contributed by atoms with van der Waals surface area (Å²) in [4.78, 5) is 31.5. The Morgan fingerprint density at radius 3 is 2.28 bits per heavy atom. The molecule has 0 bridgehead atoms. The summed E-state index contributed by atoms with van der Waals surface area (Å²) in [5.74, 6) is 0.0829. The lowest BCUT2D eigenvalue weighted by atomic mass is 9.97. The topological polar surface area (TPSA) is 61.8 Å². The van der Waals surface area contributed by atoms with E-state index in [1.54, 1.807) is 0 Å². The van der Waals surface area contributed by atoms with Gasteiger partial charge in [0.1, 0.15) is 5.25 Å². The summed E-state index contributed by atoms with van der Waals surface area (Å²) in [6.07, 6.45) is 13.6. The number of nitrogens with one attached hydrogen (secondary N) is 1. The van der Waals surface area contributed by atoms with Crippen LogP contribution in [0.2, 0.25) is 0 Å². The predicted octanol–water partition coefficient (Wildman–Crippen LogP) is 3.48. The van der Waals surface area contributed by atoms with Crippen molar-refractivity contribution >= 4 is 28.7 Å². The second-order valence-corrected chi connectivity index (χ2v) is 8.72. The standard InChI is InChI=1S/C19H31N3O2S/c23-17(22-12-8-4-5-9-13-22)14-16-18(24)21-19(25-16)20-15-10-6-2-1-3-7-11-15/h15-16H,1-14H2,(H,20,21,24). The van der Waals surface area contributed by atoms with Crippen molar-refractivity contribution in [3.05, 3.63) is 0 Å². The maximum atomic E-state index is 12.5. The Bertz CT molecular complexity index is 493. The van der Waals surface area contributed by atoms with E-state index in [0.29, 0.717) is 12.5 Å². The Labute approximate surface area is 155 Å². The van der Waals surface area contributed by atoms with Gasteiger partial charge in [0, 0.05) is 19.5 Å². The molecular formula is C19H31N3O2S. The number of likely N-dealkylation sites (tertiary alicyclic amines) is 1. The minimum absolute atomic E-state index is 0.0437. The van der Waals surface area contributed by atoms with E-state index in [4.69, 9.17) is 4.99 Å². The quantitative estimate of drug-likeness (QED) is 0.833. The molecule has 5 nitrogen and oxygen atoms in total. The van der Waals surface area contributed by atoms with Gasteiger partial charge in [0.2, 0.25) is 11.8 Å². The van der Waals surface area contributed by atoms with Crippen LogP contribution in [-0.4, -0.2) is 46.3 Å². The number of amidine groups is 1. The molecule has 140 valence electrons. The average Bonchev–Trinajstić information content (AvgIpc) is 2.78. The second kappa shape index (κ2) is 9.60. The van der Waals surface area contributed by atoms with Crippen LogP contribution >= 0.6 is 11.8 Å². The zero-order valence-corrected chi connectivity index (χ0v) is 16.0. The summed E-state index contributed by atoms with van der Waals surface area (Å²) in [5, 5.41) is 3.35. The lowest BCUT2D eigenvalue weighted by molar-refractivity contribution is -0.132. The van der Waals surface area contributed by atoms with Gasteiger partial charge < -0.3 is 10.2 Å². The maximum absolute atomic E-state index is 12.5. The van der Waals surface area contributed by atoms with Gasteiger partial charge in [-0.2, -0.15) is 0 Å². The number of carbonyl (C=O) groups excluding carboxylic acids is 2. The van der Waals surface area contributed by atoms with Crippen LogP contribution in [0.15, 0.2) is 4.99 Å². The van der Waals surface area contributed by atoms with Crippen LogP contribution < -0.4 is 5.32 Å². The van der Waals surface area contributed by atoms with Crippen molar-refractivity contribution < 1.29 is 9.59 Å². The molecule has 3 fully saturated rings. The highest BCUT2D eigenvalue weighted by atomic mass is 32.2. The smallest absolute Gasteiger partial charge is 0.240 e. The van der Waals surface area contributed by atoms with Gasteiger partial charge in [0.15, 0.2) is 5.17 Å². The summed E-state index contributed by atoms with van der Waals surface area (Å²) in [6.45, 7) is 1.70. The van der Waals surface area contributed by atoms with Crippen LogP contribution in [0.1, 0.15) is 77.0 Å². The summed E-state index contributed by atoms with van der Waals surface area (Å²) >= 11 is 1.46. The third-order valence-corrected chi connectivity index (χ3v) is 6.57. The Kier molecular flexibility index (Phi) is 7.20. The molecule has 0 spiro atoms. The highest BCUT2D eigenvalue weighted by Crippen LogP contribution is 2.26. The van der Waals surface area contributed by atoms with Crippen LogP contribution in [0.25, 0.3) is 0 Å². The zero-order chi connectivity index (χ0) is 17.5. The van der Waals surface area contributed by atoms with Gasteiger partial charge in [-0.15, -0.1) is 0 Å². The lowest BCUT2D eigenvalue weighted by Gasteiger charge is -2.21. The van der Waals surface area contributed by atoms with E-state index in [1.165, 1.54) is 56.7 Å². The van der Waals surface area contributed by atoms with Crippen LogP contribution in [-0.2, 0) is 9.59 Å². The zero-order valence-electron chi connectivity index (χ0n) is 15.2. The first kappa shape index (κ1) is 18.7. The van der Waals surface area contributed by atoms with Crippen molar-refractivity contribution in [2.24, 2.45) is 4.99 Å². The van der Waals surface area contributed by atoms with E-state index in [9.17, 15) is 9.59 Å². The fraction of sp³-hybridized carbons (Fsp3) is 0.842. The molecule has 1 saturated carbocycles. The normalized spacial score (nSPS) is 28.3. The van der Waals surface area contributed by atoms with Crippen molar-refractivity contribution in [3.63, 3.8) is 0 Å². The van der Waals surface area contributed by atoms with Gasteiger partial charge in [-0.1, -0.05) is 56.7 Å².